The molecule has 0 aliphatic rings. The first-order valence-electron chi connectivity index (χ1n) is 18.7. The molecule has 282 valence electrons. The van der Waals surface area contributed by atoms with Gasteiger partial charge in [0.1, 0.15) is 11.5 Å². The van der Waals surface area contributed by atoms with Crippen molar-refractivity contribution in [1.29, 1.82) is 0 Å². The van der Waals surface area contributed by atoms with Crippen LogP contribution in [0.2, 0.25) is 0 Å². The highest BCUT2D eigenvalue weighted by Gasteiger charge is 2.07. The number of benzene rings is 4. The van der Waals surface area contributed by atoms with Crippen LogP contribution in [0.4, 0.5) is 22.7 Å². The van der Waals surface area contributed by atoms with Gasteiger partial charge in [-0.15, -0.1) is 0 Å². The van der Waals surface area contributed by atoms with Crippen molar-refractivity contribution in [2.75, 3.05) is 26.4 Å². The Hall–Kier alpha value is -4.47. The van der Waals surface area contributed by atoms with Crippen molar-refractivity contribution >= 4 is 30.6 Å². The van der Waals surface area contributed by atoms with Crippen molar-refractivity contribution in [3.05, 3.63) is 121 Å². The van der Waals surface area contributed by atoms with Gasteiger partial charge in [0.15, 0.2) is 0 Å². The Labute approximate surface area is 314 Å². The molecule has 0 saturated heterocycles. The fraction of sp³-hybridized carbons (Fsp3) is 0.381. The van der Waals surface area contributed by atoms with E-state index < -0.39 is 7.82 Å². The van der Waals surface area contributed by atoms with E-state index in [0.29, 0.717) is 19.6 Å². The minimum absolute atomic E-state index is 0.00313. The Morgan fingerprint density at radius 3 is 1.32 bits per heavy atom. The summed E-state index contributed by atoms with van der Waals surface area (Å²) in [5.74, 6) is 1.64. The summed E-state index contributed by atoms with van der Waals surface area (Å²) in [4.78, 5) is 12.0. The number of ether oxygens (including phenoxy) is 2. The van der Waals surface area contributed by atoms with Crippen molar-refractivity contribution in [3.8, 4) is 11.5 Å². The average Bonchev–Trinajstić information content (AvgIpc) is 3.19. The summed E-state index contributed by atoms with van der Waals surface area (Å²) >= 11 is 0. The third kappa shape index (κ3) is 19.3. The van der Waals surface area contributed by atoms with Gasteiger partial charge >= 0.3 is 0 Å². The summed E-state index contributed by atoms with van der Waals surface area (Å²) in [5.41, 5.74) is 3.20. The first kappa shape index (κ1) is 41.3. The molecule has 0 N–H and O–H groups in total. The molecule has 0 spiro atoms. The predicted molar refractivity (Wildman–Crippen MR) is 209 cm³/mol. The molecule has 0 heterocycles. The molecule has 0 fully saturated rings. The maximum atomic E-state index is 12.0. The number of allylic oxidation sites excluding steroid dienone is 1. The highest BCUT2D eigenvalue weighted by atomic mass is 31.2. The van der Waals surface area contributed by atoms with Crippen LogP contribution in [-0.2, 0) is 13.6 Å². The normalized spacial score (nSPS) is 12.8. The zero-order valence-electron chi connectivity index (χ0n) is 30.5. The van der Waals surface area contributed by atoms with Crippen molar-refractivity contribution in [1.82, 2.24) is 0 Å². The quantitative estimate of drug-likeness (QED) is 0.0259. The van der Waals surface area contributed by atoms with Crippen LogP contribution < -0.4 is 14.4 Å². The van der Waals surface area contributed by atoms with Crippen LogP contribution in [0.3, 0.4) is 0 Å². The number of phosphoric acid groups is 1. The number of azo groups is 2. The summed E-state index contributed by atoms with van der Waals surface area (Å²) in [6, 6.07) is 34.5. The van der Waals surface area contributed by atoms with Gasteiger partial charge in [0.25, 0.3) is 7.82 Å². The van der Waals surface area contributed by atoms with Crippen molar-refractivity contribution in [2.24, 2.45) is 20.5 Å². The maximum Gasteiger partial charge on any atom is 0.268 e. The lowest BCUT2D eigenvalue weighted by molar-refractivity contribution is -0.224. The molecule has 11 heteroatoms. The molecule has 4 rings (SSSR count). The molecule has 0 aromatic heterocycles. The van der Waals surface area contributed by atoms with E-state index in [4.69, 9.17) is 18.5 Å². The van der Waals surface area contributed by atoms with E-state index in [0.717, 1.165) is 105 Å². The molecule has 4 aromatic rings. The minimum Gasteiger partial charge on any atom is -0.756 e. The third-order valence-electron chi connectivity index (χ3n) is 8.08. The van der Waals surface area contributed by atoms with Gasteiger partial charge < -0.3 is 23.4 Å². The van der Waals surface area contributed by atoms with Gasteiger partial charge in [0, 0.05) is 0 Å². The molecular weight excluding hydrogens is 687 g/mol. The molecule has 0 bridgehead atoms. The second-order valence-corrected chi connectivity index (χ2v) is 13.9. The molecule has 4 aromatic carbocycles. The molecule has 0 aliphatic carbocycles. The highest BCUT2D eigenvalue weighted by molar-refractivity contribution is 7.45. The van der Waals surface area contributed by atoms with Crippen molar-refractivity contribution < 1.29 is 28.0 Å². The zero-order valence-corrected chi connectivity index (χ0v) is 31.4. The summed E-state index contributed by atoms with van der Waals surface area (Å²) in [5, 5.41) is 16.9. The van der Waals surface area contributed by atoms with Gasteiger partial charge in [-0.2, -0.15) is 20.5 Å². The largest absolute Gasteiger partial charge is 0.756 e. The molecule has 0 saturated carbocycles. The van der Waals surface area contributed by atoms with E-state index in [1.807, 2.05) is 115 Å². The predicted octanol–water partition coefficient (Wildman–Crippen LogP) is 12.7. The van der Waals surface area contributed by atoms with Crippen LogP contribution in [0.25, 0.3) is 0 Å². The van der Waals surface area contributed by atoms with Crippen molar-refractivity contribution in [3.63, 3.8) is 0 Å². The first-order chi connectivity index (χ1) is 26.1. The topological polar surface area (TPSA) is 126 Å². The van der Waals surface area contributed by atoms with Crippen LogP contribution in [0.5, 0.6) is 11.5 Å². The van der Waals surface area contributed by atoms with Crippen LogP contribution in [0, 0.1) is 0 Å². The number of unbranched alkanes of at least 4 members (excludes halogenated alkanes) is 10. The lowest BCUT2D eigenvalue weighted by Gasteiger charge is -2.21. The number of phosphoric ester groups is 1. The van der Waals surface area contributed by atoms with Gasteiger partial charge in [-0.25, -0.2) is 0 Å². The van der Waals surface area contributed by atoms with Crippen LogP contribution in [-0.4, -0.2) is 26.4 Å². The second kappa shape index (κ2) is 25.5. The van der Waals surface area contributed by atoms with E-state index in [9.17, 15) is 9.46 Å². The van der Waals surface area contributed by atoms with E-state index in [-0.39, 0.29) is 13.2 Å². The Morgan fingerprint density at radius 2 is 0.849 bits per heavy atom. The SMILES string of the molecule is O=P([O-])(OC/C=C/CCCCCCOc1ccc(N=Nc2ccccc2)cc1)OCCCCCCCCCOc1ccc(N=Nc2ccccc2)cc1. The van der Waals surface area contributed by atoms with Crippen LogP contribution in [0.15, 0.2) is 142 Å². The Morgan fingerprint density at radius 1 is 0.453 bits per heavy atom. The molecule has 53 heavy (non-hydrogen) atoms. The molecule has 10 nitrogen and oxygen atoms in total. The monoisotopic (exact) mass is 739 g/mol. The molecule has 0 radical (unpaired) electrons. The van der Waals surface area contributed by atoms with E-state index in [2.05, 4.69) is 20.5 Å². The van der Waals surface area contributed by atoms with Crippen LogP contribution >= 0.6 is 7.82 Å². The molecule has 0 amide bonds. The Balaban J connectivity index is 0.892. The van der Waals surface area contributed by atoms with Crippen molar-refractivity contribution in [2.45, 2.75) is 77.0 Å². The maximum absolute atomic E-state index is 12.0. The fourth-order valence-electron chi connectivity index (χ4n) is 5.16. The Bertz CT molecular complexity index is 1670. The molecule has 1 unspecified atom stereocenters. The molecule has 0 aliphatic heterocycles. The smallest absolute Gasteiger partial charge is 0.268 e. The van der Waals surface area contributed by atoms with Gasteiger partial charge in [-0.05, 0) is 105 Å². The summed E-state index contributed by atoms with van der Waals surface area (Å²) < 4.78 is 33.7. The molecule has 1 atom stereocenters. The zero-order chi connectivity index (χ0) is 37.1. The van der Waals surface area contributed by atoms with Gasteiger partial charge in [0.05, 0.1) is 49.2 Å². The average molecular weight is 740 g/mol. The second-order valence-electron chi connectivity index (χ2n) is 12.5. The summed E-state index contributed by atoms with van der Waals surface area (Å²) in [6.45, 7) is 1.48. The third-order valence-corrected chi connectivity index (χ3v) is 9.05. The van der Waals surface area contributed by atoms with E-state index in [1.54, 1.807) is 6.08 Å². The highest BCUT2D eigenvalue weighted by Crippen LogP contribution is 2.38. The van der Waals surface area contributed by atoms with Crippen LogP contribution in [0.1, 0.15) is 77.0 Å². The number of hydrogen-bond donors (Lipinski definition) is 0. The van der Waals surface area contributed by atoms with Gasteiger partial charge in [-0.3, -0.25) is 4.57 Å². The summed E-state index contributed by atoms with van der Waals surface area (Å²) in [6.07, 6.45) is 15.7. The van der Waals surface area contributed by atoms with E-state index in [1.165, 1.54) is 0 Å². The minimum atomic E-state index is -4.28. The first-order valence-corrected chi connectivity index (χ1v) is 20.2. The number of hydrogen-bond acceptors (Lipinski definition) is 10. The lowest BCUT2D eigenvalue weighted by Crippen LogP contribution is -2.09. The fourth-order valence-corrected chi connectivity index (χ4v) is 5.85. The molecular formula is C42H52N4O6P-. The number of rotatable bonds is 27. The lowest BCUT2D eigenvalue weighted by atomic mass is 10.1. The Kier molecular flexibility index (Phi) is 19.9. The number of nitrogens with zero attached hydrogens (tertiary/aromatic N) is 4. The van der Waals surface area contributed by atoms with Gasteiger partial charge in [-0.1, -0.05) is 93.5 Å². The standard InChI is InChI=1S/C42H53N4O6P/c47-53(48,51-35-19-9-5-1-3-7-17-33-49-41-29-25-39(26-30-41)45-43-37-21-13-11-14-22-37)52-36-20-10-6-2-4-8-18-34-50-42-31-27-40(28-32-42)46-44-38-23-15-12-16-24-38/h9,11-16,19,21-32H,1-8,10,17-18,20,33-36H2,(H,47,48)/p-1/b19-9+,45-43?,46-44?. The van der Waals surface area contributed by atoms with Gasteiger partial charge in [0.2, 0.25) is 0 Å². The summed E-state index contributed by atoms with van der Waals surface area (Å²) in [7, 11) is -4.28. The van der Waals surface area contributed by atoms with E-state index >= 15 is 0 Å².